The second-order valence-electron chi connectivity index (χ2n) is 8.90. The summed E-state index contributed by atoms with van der Waals surface area (Å²) in [6, 6.07) is 19.0. The Labute approximate surface area is 214 Å². The Morgan fingerprint density at radius 2 is 1.97 bits per heavy atom. The van der Waals surface area contributed by atoms with E-state index in [1.165, 1.54) is 36.1 Å². The zero-order valence-corrected chi connectivity index (χ0v) is 20.6. The van der Waals surface area contributed by atoms with Gasteiger partial charge in [0.1, 0.15) is 0 Å². The number of phenolic OH excluding ortho intramolecular Hbond substituents is 1. The van der Waals surface area contributed by atoms with Crippen LogP contribution in [0, 0.1) is 10.1 Å². The Morgan fingerprint density at radius 3 is 2.78 bits per heavy atom. The largest absolute Gasteiger partial charge is 0.504 e. The standard InChI is InChI=1S/C28H21N3O5S/c1-36-23-13-16(9-12-22(23)32)14-24-27(33)30-26(18-6-4-7-19(15-18)31(34)35)21-11-10-17-5-2-3-8-20(17)25(21)29-28(30)37-24/h2-9,12-15,26,32H,10-11H2,1H3. The number of ether oxygens (including phenoxy) is 1. The zero-order valence-electron chi connectivity index (χ0n) is 19.7. The van der Waals surface area contributed by atoms with Crippen molar-refractivity contribution in [1.29, 1.82) is 0 Å². The van der Waals surface area contributed by atoms with Gasteiger partial charge in [-0.2, -0.15) is 0 Å². The molecule has 1 N–H and O–H groups in total. The number of nitrogens with zero attached hydrogens (tertiary/aromatic N) is 3. The number of aryl methyl sites for hydroxylation is 1. The van der Waals surface area contributed by atoms with Gasteiger partial charge < -0.3 is 9.84 Å². The fourth-order valence-corrected chi connectivity index (χ4v) is 6.07. The number of aromatic hydroxyl groups is 1. The van der Waals surface area contributed by atoms with E-state index in [0.29, 0.717) is 32.6 Å². The van der Waals surface area contributed by atoms with Crippen LogP contribution in [-0.2, 0) is 6.42 Å². The molecule has 1 aromatic heterocycles. The number of hydrogen-bond donors (Lipinski definition) is 1. The van der Waals surface area contributed by atoms with E-state index < -0.39 is 11.0 Å². The molecule has 1 atom stereocenters. The molecule has 0 fully saturated rings. The first kappa shape index (κ1) is 22.9. The number of nitro groups is 1. The lowest BCUT2D eigenvalue weighted by molar-refractivity contribution is -0.384. The van der Waals surface area contributed by atoms with Crippen LogP contribution in [0.15, 0.2) is 82.1 Å². The summed E-state index contributed by atoms with van der Waals surface area (Å²) < 4.78 is 7.33. The first-order valence-corrected chi connectivity index (χ1v) is 12.5. The molecule has 1 unspecified atom stereocenters. The van der Waals surface area contributed by atoms with E-state index in [4.69, 9.17) is 9.73 Å². The number of rotatable bonds is 4. The lowest BCUT2D eigenvalue weighted by Crippen LogP contribution is -2.38. The van der Waals surface area contributed by atoms with Crippen LogP contribution >= 0.6 is 11.3 Å². The number of allylic oxidation sites excluding steroid dienone is 1. The van der Waals surface area contributed by atoms with Crippen molar-refractivity contribution in [1.82, 2.24) is 4.57 Å². The molecule has 184 valence electrons. The van der Waals surface area contributed by atoms with E-state index in [0.717, 1.165) is 23.3 Å². The van der Waals surface area contributed by atoms with Gasteiger partial charge in [-0.05, 0) is 53.3 Å². The van der Waals surface area contributed by atoms with E-state index in [2.05, 4.69) is 6.07 Å². The smallest absolute Gasteiger partial charge is 0.271 e. The molecule has 3 aromatic carbocycles. The minimum Gasteiger partial charge on any atom is -0.504 e. The molecule has 8 nitrogen and oxygen atoms in total. The van der Waals surface area contributed by atoms with Gasteiger partial charge in [-0.3, -0.25) is 19.5 Å². The van der Waals surface area contributed by atoms with Gasteiger partial charge >= 0.3 is 0 Å². The quantitative estimate of drug-likeness (QED) is 0.330. The molecule has 0 bridgehead atoms. The molecule has 0 amide bonds. The Balaban J connectivity index is 1.61. The van der Waals surface area contributed by atoms with Crippen molar-refractivity contribution in [2.75, 3.05) is 7.11 Å². The summed E-state index contributed by atoms with van der Waals surface area (Å²) in [6.07, 6.45) is 3.24. The molecular formula is C28H21N3O5S. The number of thiazole rings is 1. The molecule has 2 aliphatic rings. The van der Waals surface area contributed by atoms with Crippen LogP contribution in [0.2, 0.25) is 0 Å². The third-order valence-corrected chi connectivity index (χ3v) is 7.75. The van der Waals surface area contributed by atoms with E-state index in [1.807, 2.05) is 24.3 Å². The van der Waals surface area contributed by atoms with Crippen LogP contribution in [0.25, 0.3) is 11.8 Å². The highest BCUT2D eigenvalue weighted by molar-refractivity contribution is 7.07. The van der Waals surface area contributed by atoms with Crippen molar-refractivity contribution in [3.8, 4) is 11.5 Å². The minimum atomic E-state index is -0.504. The lowest BCUT2D eigenvalue weighted by atomic mass is 9.83. The molecule has 1 aliphatic heterocycles. The molecule has 6 rings (SSSR count). The van der Waals surface area contributed by atoms with E-state index in [9.17, 15) is 20.0 Å². The number of phenols is 1. The first-order valence-electron chi connectivity index (χ1n) is 11.7. The molecule has 0 saturated carbocycles. The maximum absolute atomic E-state index is 13.8. The van der Waals surface area contributed by atoms with Gasteiger partial charge in [-0.25, -0.2) is 4.99 Å². The van der Waals surface area contributed by atoms with Gasteiger partial charge in [0.2, 0.25) is 0 Å². The number of methoxy groups -OCH3 is 1. The van der Waals surface area contributed by atoms with Crippen LogP contribution in [0.3, 0.4) is 0 Å². The van der Waals surface area contributed by atoms with E-state index >= 15 is 0 Å². The van der Waals surface area contributed by atoms with Crippen molar-refractivity contribution in [3.05, 3.63) is 124 Å². The number of benzene rings is 3. The second kappa shape index (κ2) is 8.86. The van der Waals surface area contributed by atoms with Crippen LogP contribution in [0.5, 0.6) is 11.5 Å². The summed E-state index contributed by atoms with van der Waals surface area (Å²) in [4.78, 5) is 30.4. The minimum absolute atomic E-state index is 0.0122. The van der Waals surface area contributed by atoms with Gasteiger partial charge in [0.05, 0.1) is 28.3 Å². The number of hydrogen-bond acceptors (Lipinski definition) is 7. The molecule has 0 radical (unpaired) electrons. The lowest BCUT2D eigenvalue weighted by Gasteiger charge is -2.30. The summed E-state index contributed by atoms with van der Waals surface area (Å²) in [5.41, 5.74) is 5.15. The highest BCUT2D eigenvalue weighted by Gasteiger charge is 2.33. The number of non-ortho nitro benzene ring substituents is 1. The molecule has 4 aromatic rings. The fourth-order valence-electron chi connectivity index (χ4n) is 5.07. The van der Waals surface area contributed by atoms with Gasteiger partial charge in [-0.15, -0.1) is 0 Å². The van der Waals surface area contributed by atoms with Crippen molar-refractivity contribution >= 4 is 28.8 Å². The van der Waals surface area contributed by atoms with Gasteiger partial charge in [-0.1, -0.05) is 53.8 Å². The van der Waals surface area contributed by atoms with Crippen molar-refractivity contribution in [2.45, 2.75) is 18.9 Å². The molecule has 2 heterocycles. The molecular weight excluding hydrogens is 490 g/mol. The summed E-state index contributed by atoms with van der Waals surface area (Å²) >= 11 is 1.27. The maximum atomic E-state index is 13.8. The maximum Gasteiger partial charge on any atom is 0.271 e. The summed E-state index contributed by atoms with van der Waals surface area (Å²) in [6.45, 7) is 0. The predicted octanol–water partition coefficient (Wildman–Crippen LogP) is 3.94. The first-order chi connectivity index (χ1) is 17.9. The SMILES string of the molecule is COc1cc(C=c2sc3n(c2=O)C(c2cccc([N+](=O)[O-])c2)C2=C(N=3)c3ccccc3CC2)ccc1O. The predicted molar refractivity (Wildman–Crippen MR) is 141 cm³/mol. The van der Waals surface area contributed by atoms with Gasteiger partial charge in [0.25, 0.3) is 11.2 Å². The molecule has 1 aliphatic carbocycles. The highest BCUT2D eigenvalue weighted by Crippen LogP contribution is 2.41. The molecule has 0 saturated heterocycles. The van der Waals surface area contributed by atoms with Crippen molar-refractivity contribution in [3.63, 3.8) is 0 Å². The number of aromatic nitrogens is 1. The average Bonchev–Trinajstić information content (AvgIpc) is 3.22. The van der Waals surface area contributed by atoms with Crippen LogP contribution < -0.4 is 19.6 Å². The average molecular weight is 512 g/mol. The Hall–Kier alpha value is -4.50. The monoisotopic (exact) mass is 511 g/mol. The summed E-state index contributed by atoms with van der Waals surface area (Å²) in [7, 11) is 1.47. The van der Waals surface area contributed by atoms with Crippen molar-refractivity contribution < 1.29 is 14.8 Å². The van der Waals surface area contributed by atoms with Gasteiger partial charge in [0, 0.05) is 17.7 Å². The van der Waals surface area contributed by atoms with Gasteiger partial charge in [0.15, 0.2) is 16.3 Å². The van der Waals surface area contributed by atoms with E-state index in [1.54, 1.807) is 34.9 Å². The highest BCUT2D eigenvalue weighted by atomic mass is 32.1. The van der Waals surface area contributed by atoms with Crippen molar-refractivity contribution in [2.24, 2.45) is 4.99 Å². The number of nitro benzene ring substituents is 1. The van der Waals surface area contributed by atoms with E-state index in [-0.39, 0.29) is 17.0 Å². The Morgan fingerprint density at radius 1 is 1.14 bits per heavy atom. The Kier molecular flexibility index (Phi) is 5.49. The summed E-state index contributed by atoms with van der Waals surface area (Å²) in [5, 5.41) is 21.5. The van der Waals surface area contributed by atoms with Crippen LogP contribution in [0.4, 0.5) is 5.69 Å². The Bertz CT molecular complexity index is 1800. The second-order valence-corrected chi connectivity index (χ2v) is 9.91. The zero-order chi connectivity index (χ0) is 25.7. The topological polar surface area (TPSA) is 107 Å². The normalized spacial score (nSPS) is 16.5. The van der Waals surface area contributed by atoms with Crippen LogP contribution in [-0.4, -0.2) is 21.7 Å². The molecule has 9 heteroatoms. The third kappa shape index (κ3) is 3.84. The third-order valence-electron chi connectivity index (χ3n) is 6.77. The summed E-state index contributed by atoms with van der Waals surface area (Å²) in [5.74, 6) is 0.321. The fraction of sp³-hybridized carbons (Fsp3) is 0.143. The van der Waals surface area contributed by atoms with Crippen LogP contribution in [0.1, 0.15) is 34.7 Å². The molecule has 0 spiro atoms. The molecule has 37 heavy (non-hydrogen) atoms. The number of fused-ring (bicyclic) bond motifs is 3.